The second-order valence-electron chi connectivity index (χ2n) is 10.2. The number of esters is 1. The van der Waals surface area contributed by atoms with Crippen molar-refractivity contribution in [2.45, 2.75) is 71.1 Å². The number of hydrogen-bond donors (Lipinski definition) is 2. The van der Waals surface area contributed by atoms with Crippen molar-refractivity contribution >= 4 is 23.5 Å². The van der Waals surface area contributed by atoms with Crippen molar-refractivity contribution in [1.29, 1.82) is 0 Å². The zero-order chi connectivity index (χ0) is 24.8. The summed E-state index contributed by atoms with van der Waals surface area (Å²) in [4.78, 5) is 42.3. The van der Waals surface area contributed by atoms with Gasteiger partial charge in [0.1, 0.15) is 17.6 Å². The molecule has 1 spiro atoms. The molecule has 3 unspecified atom stereocenters. The van der Waals surface area contributed by atoms with Gasteiger partial charge in [-0.25, -0.2) is 0 Å². The highest BCUT2D eigenvalue weighted by Crippen LogP contribution is 2.65. The number of likely N-dealkylation sites (tertiary alicyclic amines) is 1. The molecule has 3 fully saturated rings. The maximum Gasteiger partial charge on any atom is 0.312 e. The SMILES string of the molecule is CCOC(=O)[C@H]1[C@H]2C(=O)N(CCCCO)C(C(=O)Nc3cc(C)ccc3C)C23CC(C)[C@]1(C)O3. The highest BCUT2D eigenvalue weighted by atomic mass is 16.6. The van der Waals surface area contributed by atoms with Crippen LogP contribution in [0.1, 0.15) is 51.2 Å². The van der Waals surface area contributed by atoms with Gasteiger partial charge in [0.2, 0.25) is 11.8 Å². The van der Waals surface area contributed by atoms with Gasteiger partial charge in [0, 0.05) is 18.8 Å². The van der Waals surface area contributed by atoms with E-state index >= 15 is 0 Å². The first kappa shape index (κ1) is 24.7. The highest BCUT2D eigenvalue weighted by Gasteiger charge is 2.80. The number of amides is 2. The summed E-state index contributed by atoms with van der Waals surface area (Å²) in [5.41, 5.74) is 0.665. The summed E-state index contributed by atoms with van der Waals surface area (Å²) in [5.74, 6) is -2.55. The third-order valence-electron chi connectivity index (χ3n) is 8.06. The van der Waals surface area contributed by atoms with Crippen LogP contribution < -0.4 is 5.32 Å². The maximum absolute atomic E-state index is 13.9. The first-order valence-electron chi connectivity index (χ1n) is 12.3. The number of carbonyl (C=O) groups is 3. The van der Waals surface area contributed by atoms with E-state index in [1.54, 1.807) is 11.8 Å². The van der Waals surface area contributed by atoms with Crippen LogP contribution in [0.4, 0.5) is 5.69 Å². The molecule has 8 nitrogen and oxygen atoms in total. The van der Waals surface area contributed by atoms with Gasteiger partial charge in [-0.2, -0.15) is 0 Å². The number of nitrogens with one attached hydrogen (secondary N) is 1. The van der Waals surface area contributed by atoms with Crippen molar-refractivity contribution in [1.82, 2.24) is 4.90 Å². The fourth-order valence-corrected chi connectivity index (χ4v) is 6.34. The molecule has 0 aliphatic carbocycles. The second kappa shape index (κ2) is 8.96. The molecular formula is C26H36N2O6. The number of nitrogens with zero attached hydrogens (tertiary/aromatic N) is 1. The third-order valence-corrected chi connectivity index (χ3v) is 8.06. The lowest BCUT2D eigenvalue weighted by Crippen LogP contribution is -2.54. The van der Waals surface area contributed by atoms with E-state index in [1.807, 2.05) is 45.9 Å². The Kier molecular flexibility index (Phi) is 6.50. The maximum atomic E-state index is 13.9. The Bertz CT molecular complexity index is 996. The first-order chi connectivity index (χ1) is 16.1. The minimum atomic E-state index is -1.09. The molecule has 0 saturated carbocycles. The Balaban J connectivity index is 1.75. The van der Waals surface area contributed by atoms with Gasteiger partial charge < -0.3 is 24.8 Å². The fraction of sp³-hybridized carbons (Fsp3) is 0.654. The molecule has 2 amide bonds. The van der Waals surface area contributed by atoms with E-state index in [0.29, 0.717) is 31.5 Å². The van der Waals surface area contributed by atoms with Gasteiger partial charge in [-0.15, -0.1) is 0 Å². The van der Waals surface area contributed by atoms with Gasteiger partial charge in [0.05, 0.1) is 18.1 Å². The molecule has 4 rings (SSSR count). The lowest BCUT2D eigenvalue weighted by atomic mass is 9.62. The summed E-state index contributed by atoms with van der Waals surface area (Å²) in [6.45, 7) is 10.0. The number of hydrogen-bond acceptors (Lipinski definition) is 6. The van der Waals surface area contributed by atoms with Crippen LogP contribution in [-0.2, 0) is 23.9 Å². The van der Waals surface area contributed by atoms with E-state index in [0.717, 1.165) is 11.1 Å². The molecule has 3 saturated heterocycles. The normalized spacial score (nSPS) is 33.8. The molecule has 8 heteroatoms. The number of aryl methyl sites for hydroxylation is 2. The lowest BCUT2D eigenvalue weighted by molar-refractivity contribution is -0.160. The van der Waals surface area contributed by atoms with E-state index in [-0.39, 0.29) is 30.9 Å². The first-order valence-corrected chi connectivity index (χ1v) is 12.3. The Morgan fingerprint density at radius 1 is 1.29 bits per heavy atom. The molecule has 0 radical (unpaired) electrons. The van der Waals surface area contributed by atoms with E-state index < -0.39 is 35.0 Å². The van der Waals surface area contributed by atoms with Crippen molar-refractivity contribution in [3.63, 3.8) is 0 Å². The quantitative estimate of drug-likeness (QED) is 0.445. The molecular weight excluding hydrogens is 436 g/mol. The molecule has 1 aromatic carbocycles. The monoisotopic (exact) mass is 472 g/mol. The Hall–Kier alpha value is -2.45. The number of anilines is 1. The van der Waals surface area contributed by atoms with Gasteiger partial charge in [0.15, 0.2) is 0 Å². The number of fused-ring (bicyclic) bond motifs is 1. The summed E-state index contributed by atoms with van der Waals surface area (Å²) in [6, 6.07) is 4.97. The van der Waals surface area contributed by atoms with Crippen LogP contribution in [-0.4, -0.2) is 64.8 Å². The van der Waals surface area contributed by atoms with Gasteiger partial charge in [-0.05, 0) is 70.1 Å². The molecule has 2 N–H and O–H groups in total. The Morgan fingerprint density at radius 3 is 2.71 bits per heavy atom. The van der Waals surface area contributed by atoms with E-state index in [2.05, 4.69) is 5.32 Å². The highest BCUT2D eigenvalue weighted by molar-refractivity contribution is 6.03. The van der Waals surface area contributed by atoms with Crippen molar-refractivity contribution in [3.05, 3.63) is 29.3 Å². The number of ether oxygens (including phenoxy) is 2. The van der Waals surface area contributed by atoms with Crippen molar-refractivity contribution < 1.29 is 29.0 Å². The van der Waals surface area contributed by atoms with Gasteiger partial charge in [-0.1, -0.05) is 19.1 Å². The third kappa shape index (κ3) is 3.62. The van der Waals surface area contributed by atoms with Crippen LogP contribution in [0.5, 0.6) is 0 Å². The van der Waals surface area contributed by atoms with Crippen LogP contribution in [0, 0.1) is 31.6 Å². The topological polar surface area (TPSA) is 105 Å². The number of carbonyl (C=O) groups excluding carboxylic acids is 3. The molecule has 3 aliphatic heterocycles. The van der Waals surface area contributed by atoms with Gasteiger partial charge in [0.25, 0.3) is 0 Å². The zero-order valence-corrected chi connectivity index (χ0v) is 20.7. The summed E-state index contributed by atoms with van der Waals surface area (Å²) in [6.07, 6.45) is 1.58. The van der Waals surface area contributed by atoms with Crippen LogP contribution >= 0.6 is 0 Å². The molecule has 1 aromatic rings. The Morgan fingerprint density at radius 2 is 2.03 bits per heavy atom. The number of rotatable bonds is 8. The van der Waals surface area contributed by atoms with Gasteiger partial charge >= 0.3 is 5.97 Å². The van der Waals surface area contributed by atoms with Crippen LogP contribution in [0.3, 0.4) is 0 Å². The summed E-state index contributed by atoms with van der Waals surface area (Å²) < 4.78 is 12.0. The van der Waals surface area contributed by atoms with Crippen LogP contribution in [0.2, 0.25) is 0 Å². The van der Waals surface area contributed by atoms with Crippen molar-refractivity contribution in [2.75, 3.05) is 25.1 Å². The Labute approximate surface area is 201 Å². The largest absolute Gasteiger partial charge is 0.466 e. The molecule has 186 valence electrons. The molecule has 3 aliphatic rings. The summed E-state index contributed by atoms with van der Waals surface area (Å²) in [5, 5.41) is 12.3. The van der Waals surface area contributed by atoms with Crippen LogP contribution in [0.25, 0.3) is 0 Å². The smallest absolute Gasteiger partial charge is 0.312 e. The summed E-state index contributed by atoms with van der Waals surface area (Å²) in [7, 11) is 0. The average molecular weight is 473 g/mol. The minimum Gasteiger partial charge on any atom is -0.466 e. The van der Waals surface area contributed by atoms with Crippen molar-refractivity contribution in [3.8, 4) is 0 Å². The minimum absolute atomic E-state index is 0.00695. The zero-order valence-electron chi connectivity index (χ0n) is 20.7. The van der Waals surface area contributed by atoms with E-state index in [9.17, 15) is 19.5 Å². The van der Waals surface area contributed by atoms with E-state index in [1.165, 1.54) is 0 Å². The predicted octanol–water partition coefficient (Wildman–Crippen LogP) is 2.59. The molecule has 3 heterocycles. The molecule has 0 aromatic heterocycles. The molecule has 34 heavy (non-hydrogen) atoms. The second-order valence-corrected chi connectivity index (χ2v) is 10.2. The number of unbranched alkanes of at least 4 members (excludes halogenated alkanes) is 1. The molecule has 2 bridgehead atoms. The summed E-state index contributed by atoms with van der Waals surface area (Å²) >= 11 is 0. The predicted molar refractivity (Wildman–Crippen MR) is 126 cm³/mol. The average Bonchev–Trinajstić information content (AvgIpc) is 3.28. The fourth-order valence-electron chi connectivity index (χ4n) is 6.34. The lowest BCUT2D eigenvalue weighted by Gasteiger charge is -2.35. The molecule has 6 atom stereocenters. The van der Waals surface area contributed by atoms with E-state index in [4.69, 9.17) is 9.47 Å². The van der Waals surface area contributed by atoms with Gasteiger partial charge in [-0.3, -0.25) is 14.4 Å². The van der Waals surface area contributed by atoms with Crippen LogP contribution in [0.15, 0.2) is 18.2 Å². The number of aliphatic hydroxyl groups is 1. The number of benzene rings is 1. The number of aliphatic hydroxyl groups excluding tert-OH is 1. The van der Waals surface area contributed by atoms with Crippen molar-refractivity contribution in [2.24, 2.45) is 17.8 Å². The standard InChI is InChI=1S/C26H36N2O6/c1-6-33-24(32)20-19-23(31)28(11-7-8-12-29)21(26(19)14-17(4)25(20,5)34-26)22(30)27-18-13-15(2)9-10-16(18)3/h9-10,13,17,19-21,29H,6-8,11-12,14H2,1-5H3,(H,27,30)/t17?,19-,20+,21?,25-,26?/m0/s1.